The summed E-state index contributed by atoms with van der Waals surface area (Å²) in [7, 11) is 0. The van der Waals surface area contributed by atoms with Crippen molar-refractivity contribution in [1.82, 2.24) is 34.6 Å². The topological polar surface area (TPSA) is 116 Å². The molecule has 2 aliphatic rings. The number of H-pyrrole nitrogens is 2. The molecule has 2 N–H and O–H groups in total. The molecule has 2 aliphatic heterocycles. The summed E-state index contributed by atoms with van der Waals surface area (Å²) in [6, 6.07) is 10.0. The quantitative estimate of drug-likeness (QED) is 0.275. The van der Waals surface area contributed by atoms with Crippen molar-refractivity contribution in [3.05, 3.63) is 76.5 Å². The van der Waals surface area contributed by atoms with Crippen molar-refractivity contribution >= 4 is 29.1 Å². The van der Waals surface area contributed by atoms with Gasteiger partial charge < -0.3 is 19.8 Å². The Morgan fingerprint density at radius 2 is 1.47 bits per heavy atom. The number of hydrogen-bond acceptors (Lipinski definition) is 6. The van der Waals surface area contributed by atoms with Crippen molar-refractivity contribution in [2.75, 3.05) is 31.1 Å². The number of nitrogens with zero attached hydrogens (tertiary/aromatic N) is 6. The van der Waals surface area contributed by atoms with E-state index in [2.05, 4.69) is 42.9 Å². The molecule has 6 rings (SSSR count). The molecule has 0 atom stereocenters. The molecule has 1 amide bonds. The number of carbonyl (C=O) groups excluding carboxylic acids is 2. The van der Waals surface area contributed by atoms with Crippen LogP contribution in [-0.2, 0) is 9.59 Å². The van der Waals surface area contributed by atoms with Crippen molar-refractivity contribution in [2.24, 2.45) is 0 Å². The van der Waals surface area contributed by atoms with Crippen LogP contribution in [0.15, 0.2) is 43.0 Å². The highest BCUT2D eigenvalue weighted by Gasteiger charge is 2.27. The zero-order valence-corrected chi connectivity index (χ0v) is 26.2. The summed E-state index contributed by atoms with van der Waals surface area (Å²) < 4.78 is 2.00. The van der Waals surface area contributed by atoms with Gasteiger partial charge in [-0.2, -0.15) is 5.10 Å². The van der Waals surface area contributed by atoms with Crippen LogP contribution in [0.5, 0.6) is 0 Å². The van der Waals surface area contributed by atoms with Gasteiger partial charge in [0.2, 0.25) is 5.91 Å². The Balaban J connectivity index is 0.000000181. The van der Waals surface area contributed by atoms with Crippen LogP contribution in [0.25, 0.3) is 5.69 Å². The zero-order chi connectivity index (χ0) is 30.5. The van der Waals surface area contributed by atoms with E-state index in [4.69, 9.17) is 11.6 Å². The second kappa shape index (κ2) is 13.6. The van der Waals surface area contributed by atoms with Gasteiger partial charge in [-0.05, 0) is 71.6 Å². The van der Waals surface area contributed by atoms with Crippen molar-refractivity contribution in [3.8, 4) is 5.69 Å². The summed E-state index contributed by atoms with van der Waals surface area (Å²) in [6.45, 7) is 11.1. The lowest BCUT2D eigenvalue weighted by Gasteiger charge is -2.33. The number of benzene rings is 1. The van der Waals surface area contributed by atoms with Crippen molar-refractivity contribution in [2.45, 2.75) is 71.6 Å². The molecule has 4 aromatic rings. The predicted molar refractivity (Wildman–Crippen MR) is 168 cm³/mol. The number of nitrogens with one attached hydrogen (secondary N) is 2. The first-order valence-corrected chi connectivity index (χ1v) is 15.4. The molecule has 5 heterocycles. The van der Waals surface area contributed by atoms with Crippen LogP contribution in [0.4, 0.5) is 5.82 Å². The van der Waals surface area contributed by atoms with Gasteiger partial charge in [-0.3, -0.25) is 9.59 Å². The number of rotatable bonds is 6. The molecule has 0 spiro atoms. The molecule has 2 fully saturated rings. The van der Waals surface area contributed by atoms with Gasteiger partial charge in [-0.25, -0.2) is 14.6 Å². The standard InChI is InChI=1S/C19H22ClN5.C13H19N3O2/c1-13-10-18(25(23-13)17-5-3-4-16(20)11-17)24-8-6-15(7-9-24)19-14(2)21-12-22-19;1-9(17)7-12(18)16-5-3-11(4-6-16)13-10(2)14-8-15-13/h3-5,10-12,15H,6-9H2,1-2H3,(H,21,22);8,11H,3-7H2,1-2H3,(H,14,15). The Morgan fingerprint density at radius 3 is 1.98 bits per heavy atom. The fourth-order valence-corrected chi connectivity index (χ4v) is 6.36. The normalized spacial score (nSPS) is 16.2. The Morgan fingerprint density at radius 1 is 0.884 bits per heavy atom. The number of halogens is 1. The molecule has 3 aromatic heterocycles. The van der Waals surface area contributed by atoms with E-state index < -0.39 is 0 Å². The first-order valence-electron chi connectivity index (χ1n) is 15.0. The highest BCUT2D eigenvalue weighted by Crippen LogP contribution is 2.32. The maximum Gasteiger partial charge on any atom is 0.230 e. The van der Waals surface area contributed by atoms with Crippen LogP contribution in [0.1, 0.15) is 79.3 Å². The molecule has 11 heteroatoms. The Kier molecular flexibility index (Phi) is 9.65. The van der Waals surface area contributed by atoms with E-state index in [1.54, 1.807) is 17.6 Å². The summed E-state index contributed by atoms with van der Waals surface area (Å²) >= 11 is 6.17. The molecule has 0 radical (unpaired) electrons. The number of piperidine rings is 2. The van der Waals surface area contributed by atoms with E-state index in [1.165, 1.54) is 18.3 Å². The minimum Gasteiger partial charge on any atom is -0.356 e. The lowest BCUT2D eigenvalue weighted by molar-refractivity contribution is -0.135. The SMILES string of the molecule is CC(=O)CC(=O)N1CCC(c2nc[nH]c2C)CC1.Cc1cc(N2CCC(c3nc[nH]c3C)CC2)n(-c2cccc(Cl)c2)n1. The van der Waals surface area contributed by atoms with Crippen molar-refractivity contribution in [1.29, 1.82) is 0 Å². The van der Waals surface area contributed by atoms with Gasteiger partial charge in [-0.15, -0.1) is 0 Å². The molecule has 2 saturated heterocycles. The Hall–Kier alpha value is -3.92. The number of imidazole rings is 2. The summed E-state index contributed by atoms with van der Waals surface area (Å²) in [5.74, 6) is 1.99. The molecular weight excluding hydrogens is 564 g/mol. The highest BCUT2D eigenvalue weighted by atomic mass is 35.5. The van der Waals surface area contributed by atoms with Crippen LogP contribution < -0.4 is 4.90 Å². The summed E-state index contributed by atoms with van der Waals surface area (Å²) in [4.78, 5) is 42.0. The average molecular weight is 605 g/mol. The van der Waals surface area contributed by atoms with Gasteiger partial charge in [0.25, 0.3) is 0 Å². The number of likely N-dealkylation sites (tertiary alicyclic amines) is 1. The van der Waals surface area contributed by atoms with Crippen molar-refractivity contribution in [3.63, 3.8) is 0 Å². The number of Topliss-reactive ketones (excluding diaryl/α,β-unsaturated/α-hetero) is 1. The highest BCUT2D eigenvalue weighted by molar-refractivity contribution is 6.30. The minimum absolute atomic E-state index is 0.0338. The number of carbonyl (C=O) groups is 2. The number of aromatic nitrogens is 6. The van der Waals surface area contributed by atoms with Crippen LogP contribution >= 0.6 is 11.6 Å². The molecular formula is C32H41ClN8O2. The second-order valence-corrected chi connectivity index (χ2v) is 12.1. The maximum absolute atomic E-state index is 11.8. The number of aryl methyl sites for hydroxylation is 3. The minimum atomic E-state index is -0.0646. The maximum atomic E-state index is 11.8. The van der Waals surface area contributed by atoms with E-state index in [0.29, 0.717) is 11.8 Å². The Labute approximate surface area is 257 Å². The van der Waals surface area contributed by atoms with E-state index in [-0.39, 0.29) is 18.1 Å². The van der Waals surface area contributed by atoms with E-state index in [1.807, 2.05) is 42.8 Å². The first-order chi connectivity index (χ1) is 20.7. The molecule has 0 unspecified atom stereocenters. The smallest absolute Gasteiger partial charge is 0.230 e. The summed E-state index contributed by atoms with van der Waals surface area (Å²) in [5, 5.41) is 5.41. The third-order valence-electron chi connectivity index (χ3n) is 8.44. The van der Waals surface area contributed by atoms with Gasteiger partial charge in [0.1, 0.15) is 11.6 Å². The lowest BCUT2D eigenvalue weighted by Crippen LogP contribution is -2.38. The Bertz CT molecular complexity index is 1540. The summed E-state index contributed by atoms with van der Waals surface area (Å²) in [5.41, 5.74) is 6.66. The van der Waals surface area contributed by atoms with E-state index in [0.717, 1.165) is 85.5 Å². The van der Waals surface area contributed by atoms with Gasteiger partial charge in [0.05, 0.1) is 41.8 Å². The second-order valence-electron chi connectivity index (χ2n) is 11.7. The van der Waals surface area contributed by atoms with Gasteiger partial charge in [0, 0.05) is 60.5 Å². The zero-order valence-electron chi connectivity index (χ0n) is 25.4. The molecule has 0 aliphatic carbocycles. The third kappa shape index (κ3) is 7.36. The lowest BCUT2D eigenvalue weighted by atomic mass is 9.92. The molecule has 0 saturated carbocycles. The number of ketones is 1. The number of aromatic amines is 2. The molecule has 43 heavy (non-hydrogen) atoms. The molecule has 1 aromatic carbocycles. The monoisotopic (exact) mass is 604 g/mol. The van der Waals surface area contributed by atoms with Crippen LogP contribution in [0.2, 0.25) is 5.02 Å². The molecule has 0 bridgehead atoms. The van der Waals surface area contributed by atoms with Gasteiger partial charge in [0.15, 0.2) is 0 Å². The summed E-state index contributed by atoms with van der Waals surface area (Å²) in [6.07, 6.45) is 7.61. The van der Waals surface area contributed by atoms with Crippen LogP contribution in [0, 0.1) is 20.8 Å². The van der Waals surface area contributed by atoms with Crippen molar-refractivity contribution < 1.29 is 9.59 Å². The number of anilines is 1. The molecule has 228 valence electrons. The fraction of sp³-hybridized carbons (Fsp3) is 0.469. The van der Waals surface area contributed by atoms with Crippen LogP contribution in [-0.4, -0.2) is 72.5 Å². The molecule has 10 nitrogen and oxygen atoms in total. The van der Waals surface area contributed by atoms with E-state index in [9.17, 15) is 9.59 Å². The number of amides is 1. The van der Waals surface area contributed by atoms with Gasteiger partial charge >= 0.3 is 0 Å². The largest absolute Gasteiger partial charge is 0.356 e. The number of hydrogen-bond donors (Lipinski definition) is 2. The van der Waals surface area contributed by atoms with Crippen LogP contribution in [0.3, 0.4) is 0 Å². The van der Waals surface area contributed by atoms with E-state index >= 15 is 0 Å². The van der Waals surface area contributed by atoms with Gasteiger partial charge in [-0.1, -0.05) is 17.7 Å². The third-order valence-corrected chi connectivity index (χ3v) is 8.68. The fourth-order valence-electron chi connectivity index (χ4n) is 6.18. The predicted octanol–water partition coefficient (Wildman–Crippen LogP) is 5.65. The first kappa shape index (κ1) is 30.5. The average Bonchev–Trinajstić information content (AvgIpc) is 3.73.